The molecule has 0 unspecified atom stereocenters. The van der Waals surface area contributed by atoms with Crippen molar-refractivity contribution in [2.75, 3.05) is 17.3 Å². The molecule has 0 aliphatic rings. The minimum absolute atomic E-state index is 0.313. The molecule has 3 aromatic rings. The van der Waals surface area contributed by atoms with E-state index in [4.69, 9.17) is 5.26 Å². The van der Waals surface area contributed by atoms with Crippen LogP contribution in [0, 0.1) is 11.3 Å². The Morgan fingerprint density at radius 1 is 1.04 bits per heavy atom. The second-order valence-corrected chi connectivity index (χ2v) is 5.44. The molecule has 0 fully saturated rings. The topological polar surface area (TPSA) is 69.0 Å². The fraction of sp³-hybridized carbons (Fsp3) is 0.0500. The molecule has 3 rings (SSSR count). The van der Waals surface area contributed by atoms with Crippen molar-refractivity contribution in [3.05, 3.63) is 84.2 Å². The van der Waals surface area contributed by atoms with E-state index >= 15 is 0 Å². The Kier molecular flexibility index (Phi) is 4.72. The summed E-state index contributed by atoms with van der Waals surface area (Å²) in [6.07, 6.45) is 1.66. The monoisotopic (exact) mass is 328 g/mol. The first-order valence-electron chi connectivity index (χ1n) is 7.74. The first kappa shape index (κ1) is 16.2. The summed E-state index contributed by atoms with van der Waals surface area (Å²) in [6, 6.07) is 22.2. The van der Waals surface area contributed by atoms with E-state index < -0.39 is 0 Å². The van der Waals surface area contributed by atoms with Gasteiger partial charge in [0.25, 0.3) is 5.91 Å². The molecule has 0 saturated carbocycles. The summed E-state index contributed by atoms with van der Waals surface area (Å²) < 4.78 is 0. The zero-order chi connectivity index (χ0) is 17.6. The van der Waals surface area contributed by atoms with Crippen molar-refractivity contribution in [3.63, 3.8) is 0 Å². The second-order valence-electron chi connectivity index (χ2n) is 5.44. The van der Waals surface area contributed by atoms with E-state index in [0.717, 1.165) is 11.4 Å². The SMILES string of the molecule is CN(c1ccccc1)c1ccc(C(=O)Nc2cccc(C#N)c2)nc1. The Morgan fingerprint density at radius 2 is 1.84 bits per heavy atom. The number of nitriles is 1. The van der Waals surface area contributed by atoms with Gasteiger partial charge >= 0.3 is 0 Å². The van der Waals surface area contributed by atoms with Crippen molar-refractivity contribution < 1.29 is 4.79 Å². The minimum Gasteiger partial charge on any atom is -0.343 e. The lowest BCUT2D eigenvalue weighted by atomic mass is 10.2. The number of amides is 1. The molecule has 0 atom stereocenters. The average molecular weight is 328 g/mol. The predicted molar refractivity (Wildman–Crippen MR) is 97.9 cm³/mol. The normalized spacial score (nSPS) is 9.92. The van der Waals surface area contributed by atoms with Gasteiger partial charge in [0, 0.05) is 18.4 Å². The highest BCUT2D eigenvalue weighted by atomic mass is 16.1. The van der Waals surface area contributed by atoms with Gasteiger partial charge in [0.1, 0.15) is 5.69 Å². The number of nitrogens with zero attached hydrogens (tertiary/aromatic N) is 3. The van der Waals surface area contributed by atoms with Gasteiger partial charge in [0.05, 0.1) is 23.5 Å². The van der Waals surface area contributed by atoms with Gasteiger partial charge in [-0.2, -0.15) is 5.26 Å². The standard InChI is InChI=1S/C20H16N4O/c1-24(17-8-3-2-4-9-17)18-10-11-19(22-14-18)20(25)23-16-7-5-6-15(12-16)13-21/h2-12,14H,1H3,(H,23,25). The zero-order valence-corrected chi connectivity index (χ0v) is 13.7. The first-order chi connectivity index (χ1) is 12.2. The number of rotatable bonds is 4. The van der Waals surface area contributed by atoms with Gasteiger partial charge in [-0.15, -0.1) is 0 Å². The van der Waals surface area contributed by atoms with E-state index in [0.29, 0.717) is 16.9 Å². The number of benzene rings is 2. The highest BCUT2D eigenvalue weighted by Gasteiger charge is 2.10. The van der Waals surface area contributed by atoms with E-state index in [1.165, 1.54) is 0 Å². The van der Waals surface area contributed by atoms with Crippen LogP contribution in [-0.2, 0) is 0 Å². The molecule has 0 saturated heterocycles. The fourth-order valence-electron chi connectivity index (χ4n) is 2.38. The largest absolute Gasteiger partial charge is 0.343 e. The first-order valence-corrected chi connectivity index (χ1v) is 7.74. The van der Waals surface area contributed by atoms with Crippen LogP contribution in [0.15, 0.2) is 72.9 Å². The number of hydrogen-bond acceptors (Lipinski definition) is 4. The average Bonchev–Trinajstić information content (AvgIpc) is 2.68. The van der Waals surface area contributed by atoms with E-state index in [9.17, 15) is 4.79 Å². The van der Waals surface area contributed by atoms with Gasteiger partial charge in [0.2, 0.25) is 0 Å². The molecule has 25 heavy (non-hydrogen) atoms. The van der Waals surface area contributed by atoms with Gasteiger partial charge in [-0.05, 0) is 42.5 Å². The fourth-order valence-corrected chi connectivity index (χ4v) is 2.38. The molecule has 1 N–H and O–H groups in total. The quantitative estimate of drug-likeness (QED) is 0.786. The highest BCUT2D eigenvalue weighted by molar-refractivity contribution is 6.03. The van der Waals surface area contributed by atoms with Crippen LogP contribution in [0.4, 0.5) is 17.1 Å². The predicted octanol–water partition coefficient (Wildman–Crippen LogP) is 3.97. The van der Waals surface area contributed by atoms with Crippen molar-refractivity contribution in [2.45, 2.75) is 0 Å². The smallest absolute Gasteiger partial charge is 0.274 e. The summed E-state index contributed by atoms with van der Waals surface area (Å²) in [5.41, 5.74) is 3.29. The number of carbonyl (C=O) groups excluding carboxylic acids is 1. The van der Waals surface area contributed by atoms with E-state index in [1.54, 1.807) is 36.5 Å². The number of para-hydroxylation sites is 1. The summed E-state index contributed by atoms with van der Waals surface area (Å²) in [7, 11) is 1.94. The third-order valence-corrected chi connectivity index (χ3v) is 3.76. The van der Waals surface area contributed by atoms with Gasteiger partial charge in [0.15, 0.2) is 0 Å². The minimum atomic E-state index is -0.316. The van der Waals surface area contributed by atoms with Gasteiger partial charge in [-0.3, -0.25) is 4.79 Å². The summed E-state index contributed by atoms with van der Waals surface area (Å²) in [6.45, 7) is 0. The number of nitrogens with one attached hydrogen (secondary N) is 1. The number of aromatic nitrogens is 1. The second kappa shape index (κ2) is 7.28. The molecular weight excluding hydrogens is 312 g/mol. The molecule has 0 bridgehead atoms. The van der Waals surface area contributed by atoms with Crippen LogP contribution in [0.5, 0.6) is 0 Å². The van der Waals surface area contributed by atoms with E-state index in [-0.39, 0.29) is 5.91 Å². The van der Waals surface area contributed by atoms with E-state index in [1.807, 2.05) is 54.4 Å². The molecule has 1 amide bonds. The molecule has 0 spiro atoms. The Balaban J connectivity index is 1.73. The highest BCUT2D eigenvalue weighted by Crippen LogP contribution is 2.22. The van der Waals surface area contributed by atoms with Crippen molar-refractivity contribution in [3.8, 4) is 6.07 Å². The molecule has 1 heterocycles. The third kappa shape index (κ3) is 3.82. The van der Waals surface area contributed by atoms with Gasteiger partial charge < -0.3 is 10.2 Å². The van der Waals surface area contributed by atoms with Crippen LogP contribution >= 0.6 is 0 Å². The number of pyridine rings is 1. The molecule has 0 aliphatic carbocycles. The lowest BCUT2D eigenvalue weighted by Gasteiger charge is -2.19. The Morgan fingerprint density at radius 3 is 2.52 bits per heavy atom. The maximum atomic E-state index is 12.3. The summed E-state index contributed by atoms with van der Waals surface area (Å²) in [5, 5.41) is 11.7. The van der Waals surface area contributed by atoms with E-state index in [2.05, 4.69) is 10.3 Å². The van der Waals surface area contributed by atoms with Crippen molar-refractivity contribution in [2.24, 2.45) is 0 Å². The molecular formula is C20H16N4O. The lowest BCUT2D eigenvalue weighted by molar-refractivity contribution is 0.102. The molecule has 0 aliphatic heterocycles. The van der Waals surface area contributed by atoms with Crippen LogP contribution < -0.4 is 10.2 Å². The molecule has 1 aromatic heterocycles. The number of carbonyl (C=O) groups is 1. The number of hydrogen-bond donors (Lipinski definition) is 1. The van der Waals surface area contributed by atoms with Crippen molar-refractivity contribution in [1.82, 2.24) is 4.98 Å². The Bertz CT molecular complexity index is 914. The maximum Gasteiger partial charge on any atom is 0.274 e. The zero-order valence-electron chi connectivity index (χ0n) is 13.7. The van der Waals surface area contributed by atoms with Crippen LogP contribution in [0.2, 0.25) is 0 Å². The molecule has 2 aromatic carbocycles. The molecule has 122 valence electrons. The molecule has 5 heteroatoms. The summed E-state index contributed by atoms with van der Waals surface area (Å²) in [4.78, 5) is 18.5. The van der Waals surface area contributed by atoms with Gasteiger partial charge in [-0.25, -0.2) is 4.98 Å². The van der Waals surface area contributed by atoms with Crippen molar-refractivity contribution >= 4 is 23.0 Å². The summed E-state index contributed by atoms with van der Waals surface area (Å²) >= 11 is 0. The lowest BCUT2D eigenvalue weighted by Crippen LogP contribution is -2.15. The Labute approximate surface area is 146 Å². The molecule has 5 nitrogen and oxygen atoms in total. The van der Waals surface area contributed by atoms with Crippen LogP contribution in [0.1, 0.15) is 16.1 Å². The van der Waals surface area contributed by atoms with Crippen molar-refractivity contribution in [1.29, 1.82) is 5.26 Å². The maximum absolute atomic E-state index is 12.3. The Hall–Kier alpha value is -3.65. The van der Waals surface area contributed by atoms with Crippen LogP contribution in [0.25, 0.3) is 0 Å². The van der Waals surface area contributed by atoms with Gasteiger partial charge in [-0.1, -0.05) is 24.3 Å². The van der Waals surface area contributed by atoms with Crippen LogP contribution in [0.3, 0.4) is 0 Å². The number of anilines is 3. The third-order valence-electron chi connectivity index (χ3n) is 3.76. The molecule has 0 radical (unpaired) electrons. The summed E-state index contributed by atoms with van der Waals surface area (Å²) in [5.74, 6) is -0.316. The van der Waals surface area contributed by atoms with Crippen LogP contribution in [-0.4, -0.2) is 17.9 Å².